The maximum absolute atomic E-state index is 9.39. The normalized spacial score (nSPS) is 10.7. The maximum atomic E-state index is 9.39. The van der Waals surface area contributed by atoms with Gasteiger partial charge < -0.3 is 15.3 Å². The number of nitrogens with zero attached hydrogens (tertiary/aromatic N) is 6. The van der Waals surface area contributed by atoms with Crippen molar-refractivity contribution in [2.45, 2.75) is 6.92 Å². The van der Waals surface area contributed by atoms with E-state index in [-0.39, 0.29) is 0 Å². The molecular formula is C18H10Cl2N7-. The molecule has 3 heterocycles. The predicted molar refractivity (Wildman–Crippen MR) is 103 cm³/mol. The van der Waals surface area contributed by atoms with Gasteiger partial charge in [0.1, 0.15) is 24.0 Å². The van der Waals surface area contributed by atoms with Gasteiger partial charge >= 0.3 is 0 Å². The minimum absolute atomic E-state index is 0.302. The molecule has 1 aromatic carbocycles. The number of pyridine rings is 1. The molecule has 0 amide bonds. The number of rotatable bonds is 3. The summed E-state index contributed by atoms with van der Waals surface area (Å²) in [4.78, 5) is 21.5. The zero-order chi connectivity index (χ0) is 19.0. The van der Waals surface area contributed by atoms with E-state index < -0.39 is 0 Å². The first kappa shape index (κ1) is 17.2. The van der Waals surface area contributed by atoms with E-state index in [0.717, 1.165) is 5.69 Å². The van der Waals surface area contributed by atoms with Crippen molar-refractivity contribution in [2.75, 3.05) is 5.32 Å². The molecule has 9 heteroatoms. The van der Waals surface area contributed by atoms with Crippen molar-refractivity contribution >= 4 is 45.9 Å². The first-order chi connectivity index (χ1) is 13.1. The second kappa shape index (κ2) is 6.83. The molecular weight excluding hydrogens is 385 g/mol. The van der Waals surface area contributed by atoms with Crippen molar-refractivity contribution in [1.29, 1.82) is 5.26 Å². The van der Waals surface area contributed by atoms with Crippen LogP contribution in [0.3, 0.4) is 0 Å². The van der Waals surface area contributed by atoms with E-state index in [0.29, 0.717) is 49.7 Å². The molecule has 4 aromatic rings. The molecule has 3 aromatic heterocycles. The molecule has 0 aliphatic rings. The Labute approximate surface area is 164 Å². The molecule has 0 atom stereocenters. The van der Waals surface area contributed by atoms with Crippen LogP contribution in [0.15, 0.2) is 36.8 Å². The summed E-state index contributed by atoms with van der Waals surface area (Å²) in [7, 11) is 0. The van der Waals surface area contributed by atoms with Crippen molar-refractivity contribution in [3.8, 4) is 17.5 Å². The van der Waals surface area contributed by atoms with E-state index in [1.54, 1.807) is 24.3 Å². The van der Waals surface area contributed by atoms with E-state index in [1.165, 1.54) is 12.5 Å². The predicted octanol–water partition coefficient (Wildman–Crippen LogP) is 4.27. The summed E-state index contributed by atoms with van der Waals surface area (Å²) in [5.41, 5.74) is 2.44. The topological polar surface area (TPSA) is 101 Å². The van der Waals surface area contributed by atoms with Gasteiger partial charge in [0.15, 0.2) is 0 Å². The average molecular weight is 395 g/mol. The first-order valence-corrected chi connectivity index (χ1v) is 8.56. The van der Waals surface area contributed by atoms with Crippen LogP contribution in [0, 0.1) is 18.3 Å². The lowest BCUT2D eigenvalue weighted by Gasteiger charge is -2.09. The van der Waals surface area contributed by atoms with Gasteiger partial charge in [-0.15, -0.1) is 0 Å². The number of halogens is 2. The van der Waals surface area contributed by atoms with Crippen LogP contribution in [-0.4, -0.2) is 19.9 Å². The Morgan fingerprint density at radius 1 is 1.15 bits per heavy atom. The Bertz CT molecular complexity index is 1190. The molecule has 27 heavy (non-hydrogen) atoms. The lowest BCUT2D eigenvalue weighted by molar-refractivity contribution is 1.10. The minimum Gasteiger partial charge on any atom is -0.434 e. The van der Waals surface area contributed by atoms with Crippen LogP contribution in [0.1, 0.15) is 11.3 Å². The fraction of sp³-hybridized carbons (Fsp3) is 0.0556. The molecule has 0 radical (unpaired) electrons. The molecule has 0 saturated carbocycles. The number of nitrogens with one attached hydrogen (secondary N) is 1. The van der Waals surface area contributed by atoms with Crippen molar-refractivity contribution in [3.05, 3.63) is 58.1 Å². The number of imidazole rings is 1. The number of aryl methyl sites for hydroxylation is 1. The molecule has 132 valence electrons. The molecule has 0 spiro atoms. The number of benzene rings is 1. The van der Waals surface area contributed by atoms with Gasteiger partial charge in [-0.2, -0.15) is 5.26 Å². The van der Waals surface area contributed by atoms with Crippen molar-refractivity contribution in [1.82, 2.24) is 24.9 Å². The third-order valence-corrected chi connectivity index (χ3v) is 4.45. The van der Waals surface area contributed by atoms with Gasteiger partial charge in [-0.1, -0.05) is 29.3 Å². The molecule has 0 bridgehead atoms. The van der Waals surface area contributed by atoms with Crippen molar-refractivity contribution in [3.63, 3.8) is 0 Å². The zero-order valence-corrected chi connectivity index (χ0v) is 15.4. The summed E-state index contributed by atoms with van der Waals surface area (Å²) in [6.45, 7) is 1.86. The highest BCUT2D eigenvalue weighted by molar-refractivity contribution is 6.39. The Hall–Kier alpha value is -3.21. The van der Waals surface area contributed by atoms with Crippen molar-refractivity contribution in [2.24, 2.45) is 0 Å². The van der Waals surface area contributed by atoms with E-state index in [1.807, 2.05) is 6.92 Å². The van der Waals surface area contributed by atoms with Crippen molar-refractivity contribution < 1.29 is 0 Å². The first-order valence-electron chi connectivity index (χ1n) is 7.80. The number of hydrogen-bond donors (Lipinski definition) is 1. The van der Waals surface area contributed by atoms with Crippen LogP contribution in [0.25, 0.3) is 22.4 Å². The van der Waals surface area contributed by atoms with E-state index in [4.69, 9.17) is 23.2 Å². The highest BCUT2D eigenvalue weighted by Gasteiger charge is 2.11. The molecule has 0 aliphatic heterocycles. The third-order valence-electron chi connectivity index (χ3n) is 3.82. The Kier molecular flexibility index (Phi) is 4.36. The fourth-order valence-corrected chi connectivity index (χ4v) is 3.15. The summed E-state index contributed by atoms with van der Waals surface area (Å²) >= 11 is 12.5. The van der Waals surface area contributed by atoms with Gasteiger partial charge in [0.05, 0.1) is 5.56 Å². The fourth-order valence-electron chi connectivity index (χ4n) is 2.59. The minimum atomic E-state index is 0.302. The van der Waals surface area contributed by atoms with Gasteiger partial charge in [-0.25, -0.2) is 15.0 Å². The average Bonchev–Trinajstić information content (AvgIpc) is 3.07. The number of fused-ring (bicyclic) bond motifs is 1. The van der Waals surface area contributed by atoms with E-state index in [2.05, 4.69) is 36.3 Å². The largest absolute Gasteiger partial charge is 0.434 e. The Morgan fingerprint density at radius 2 is 1.93 bits per heavy atom. The highest BCUT2D eigenvalue weighted by atomic mass is 35.5. The lowest BCUT2D eigenvalue weighted by atomic mass is 10.2. The number of aromatic nitrogens is 5. The van der Waals surface area contributed by atoms with Crippen LogP contribution in [0.2, 0.25) is 10.0 Å². The maximum Gasteiger partial charge on any atom is 0.135 e. The summed E-state index contributed by atoms with van der Waals surface area (Å²) in [5.74, 6) is 1.30. The van der Waals surface area contributed by atoms with Crippen LogP contribution in [-0.2, 0) is 0 Å². The summed E-state index contributed by atoms with van der Waals surface area (Å²) < 4.78 is 0. The number of nitriles is 1. The molecule has 0 aliphatic carbocycles. The lowest BCUT2D eigenvalue weighted by Crippen LogP contribution is -1.99. The number of hydrogen-bond acceptors (Lipinski definition) is 6. The summed E-state index contributed by atoms with van der Waals surface area (Å²) in [5, 5.41) is 13.3. The Morgan fingerprint density at radius 3 is 2.63 bits per heavy atom. The monoisotopic (exact) mass is 394 g/mol. The van der Waals surface area contributed by atoms with Gasteiger partial charge in [-0.3, -0.25) is 0 Å². The van der Waals surface area contributed by atoms with Crippen LogP contribution in [0.5, 0.6) is 0 Å². The zero-order valence-electron chi connectivity index (χ0n) is 13.9. The summed E-state index contributed by atoms with van der Waals surface area (Å²) in [6.07, 6.45) is 2.88. The van der Waals surface area contributed by atoms with Gasteiger partial charge in [-0.05, 0) is 30.4 Å². The molecule has 4 rings (SSSR count). The van der Waals surface area contributed by atoms with Crippen LogP contribution >= 0.6 is 23.2 Å². The van der Waals surface area contributed by atoms with Crippen LogP contribution < -0.4 is 10.3 Å². The quantitative estimate of drug-likeness (QED) is 0.553. The van der Waals surface area contributed by atoms with Gasteiger partial charge in [0.2, 0.25) is 0 Å². The van der Waals surface area contributed by atoms with Crippen LogP contribution in [0.4, 0.5) is 11.6 Å². The molecule has 0 saturated heterocycles. The van der Waals surface area contributed by atoms with Gasteiger partial charge in [0, 0.05) is 39.1 Å². The smallest absolute Gasteiger partial charge is 0.135 e. The third kappa shape index (κ3) is 3.16. The molecule has 0 fully saturated rings. The molecule has 7 nitrogen and oxygen atoms in total. The molecule has 1 N–H and O–H groups in total. The standard InChI is InChI=1S/C18H10Cl2N7/c1-9-5-13(24-8-23-9)25-18-16-15(10(6-21)7-22-18)26-17(27-16)14-11(19)3-2-4-12(14)20/h2-5,7-8H,1H3,(H-,22,23,24,25,26,27)/q-1. The number of anilines is 2. The second-order valence-corrected chi connectivity index (χ2v) is 6.46. The molecule has 0 unspecified atom stereocenters. The second-order valence-electron chi connectivity index (χ2n) is 5.64. The summed E-state index contributed by atoms with van der Waals surface area (Å²) in [6, 6.07) is 9.00. The van der Waals surface area contributed by atoms with Gasteiger partial charge in [0.25, 0.3) is 0 Å². The Balaban J connectivity index is 1.90. The van der Waals surface area contributed by atoms with E-state index >= 15 is 0 Å². The van der Waals surface area contributed by atoms with E-state index in [9.17, 15) is 5.26 Å². The SMILES string of the molecule is Cc1cc(Nc2ncc(C#N)c3[n-]c(-c4c(Cl)cccc4Cl)nc23)ncn1. The highest BCUT2D eigenvalue weighted by Crippen LogP contribution is 2.35.